The quantitative estimate of drug-likeness (QED) is 0.809. The predicted molar refractivity (Wildman–Crippen MR) is 90.9 cm³/mol. The maximum absolute atomic E-state index is 13.3. The van der Waals surface area contributed by atoms with E-state index >= 15 is 0 Å². The normalized spacial score (nSPS) is 17.2. The van der Waals surface area contributed by atoms with Crippen LogP contribution < -0.4 is 5.32 Å². The van der Waals surface area contributed by atoms with E-state index in [0.717, 1.165) is 29.3 Å². The SMILES string of the molecule is CC(C)(C(=O)NC1CCCCCC1)c1c[nH]c2cc(F)ccc12. The molecule has 1 aliphatic rings. The molecule has 1 heterocycles. The van der Waals surface area contributed by atoms with E-state index in [2.05, 4.69) is 10.3 Å². The van der Waals surface area contributed by atoms with Gasteiger partial charge in [0.1, 0.15) is 5.82 Å². The van der Waals surface area contributed by atoms with E-state index in [-0.39, 0.29) is 17.8 Å². The summed E-state index contributed by atoms with van der Waals surface area (Å²) in [5.41, 5.74) is 0.997. The lowest BCUT2D eigenvalue weighted by molar-refractivity contribution is -0.126. The molecule has 0 saturated heterocycles. The second kappa shape index (κ2) is 6.34. The average molecular weight is 316 g/mol. The van der Waals surface area contributed by atoms with Crippen molar-refractivity contribution in [3.63, 3.8) is 0 Å². The van der Waals surface area contributed by atoms with Gasteiger partial charge in [0.15, 0.2) is 0 Å². The third-order valence-electron chi connectivity index (χ3n) is 5.08. The van der Waals surface area contributed by atoms with Gasteiger partial charge in [0.25, 0.3) is 0 Å². The molecule has 1 aromatic carbocycles. The van der Waals surface area contributed by atoms with E-state index in [1.165, 1.54) is 37.8 Å². The van der Waals surface area contributed by atoms with Crippen molar-refractivity contribution < 1.29 is 9.18 Å². The first kappa shape index (κ1) is 16.0. The molecule has 124 valence electrons. The Labute approximate surface area is 136 Å². The fourth-order valence-corrected chi connectivity index (χ4v) is 3.53. The van der Waals surface area contributed by atoms with Gasteiger partial charge in [-0.05, 0) is 50.5 Å². The zero-order chi connectivity index (χ0) is 16.4. The molecule has 1 amide bonds. The molecule has 1 aromatic heterocycles. The van der Waals surface area contributed by atoms with E-state index < -0.39 is 5.41 Å². The van der Waals surface area contributed by atoms with Gasteiger partial charge in [-0.2, -0.15) is 0 Å². The minimum atomic E-state index is -0.650. The zero-order valence-electron chi connectivity index (χ0n) is 13.9. The molecule has 3 nitrogen and oxygen atoms in total. The van der Waals surface area contributed by atoms with Gasteiger partial charge in [-0.1, -0.05) is 25.7 Å². The maximum Gasteiger partial charge on any atom is 0.230 e. The summed E-state index contributed by atoms with van der Waals surface area (Å²) in [4.78, 5) is 15.9. The third-order valence-corrected chi connectivity index (χ3v) is 5.08. The molecule has 0 unspecified atom stereocenters. The second-order valence-electron chi connectivity index (χ2n) is 7.18. The van der Waals surface area contributed by atoms with Crippen molar-refractivity contribution in [2.75, 3.05) is 0 Å². The Morgan fingerprint density at radius 1 is 1.22 bits per heavy atom. The van der Waals surface area contributed by atoms with Crippen molar-refractivity contribution in [1.29, 1.82) is 0 Å². The number of H-pyrrole nitrogens is 1. The predicted octanol–water partition coefficient (Wildman–Crippen LogP) is 4.42. The highest BCUT2D eigenvalue weighted by Crippen LogP contribution is 2.31. The average Bonchev–Trinajstić information content (AvgIpc) is 2.76. The van der Waals surface area contributed by atoms with Crippen LogP contribution in [-0.4, -0.2) is 16.9 Å². The van der Waals surface area contributed by atoms with Crippen molar-refractivity contribution >= 4 is 16.8 Å². The summed E-state index contributed by atoms with van der Waals surface area (Å²) in [7, 11) is 0. The fourth-order valence-electron chi connectivity index (χ4n) is 3.53. The highest BCUT2D eigenvalue weighted by atomic mass is 19.1. The van der Waals surface area contributed by atoms with E-state index in [9.17, 15) is 9.18 Å². The Morgan fingerprint density at radius 3 is 2.61 bits per heavy atom. The molecule has 1 saturated carbocycles. The van der Waals surface area contributed by atoms with Crippen LogP contribution in [-0.2, 0) is 10.2 Å². The molecule has 0 atom stereocenters. The minimum Gasteiger partial charge on any atom is -0.361 e. The van der Waals surface area contributed by atoms with Gasteiger partial charge in [-0.25, -0.2) is 4.39 Å². The van der Waals surface area contributed by atoms with Crippen LogP contribution in [0.25, 0.3) is 10.9 Å². The summed E-state index contributed by atoms with van der Waals surface area (Å²) < 4.78 is 13.3. The largest absolute Gasteiger partial charge is 0.361 e. The van der Waals surface area contributed by atoms with Crippen LogP contribution >= 0.6 is 0 Å². The third kappa shape index (κ3) is 3.26. The van der Waals surface area contributed by atoms with Gasteiger partial charge in [-0.3, -0.25) is 4.79 Å². The van der Waals surface area contributed by atoms with Crippen molar-refractivity contribution in [2.45, 2.75) is 63.8 Å². The Kier molecular flexibility index (Phi) is 4.42. The van der Waals surface area contributed by atoms with Crippen LogP contribution in [0.3, 0.4) is 0 Å². The van der Waals surface area contributed by atoms with Crippen LogP contribution in [0.15, 0.2) is 24.4 Å². The first-order valence-electron chi connectivity index (χ1n) is 8.56. The standard InChI is InChI=1S/C19H25FN2O/c1-19(2,18(23)22-14-7-5-3-4-6-8-14)16-12-21-17-11-13(20)9-10-15(16)17/h9-12,14,21H,3-8H2,1-2H3,(H,22,23). The highest BCUT2D eigenvalue weighted by Gasteiger charge is 2.33. The number of nitrogens with one attached hydrogen (secondary N) is 2. The van der Waals surface area contributed by atoms with Crippen LogP contribution in [0.4, 0.5) is 4.39 Å². The lowest BCUT2D eigenvalue weighted by Crippen LogP contribution is -2.45. The molecule has 23 heavy (non-hydrogen) atoms. The Morgan fingerprint density at radius 2 is 1.91 bits per heavy atom. The number of fused-ring (bicyclic) bond motifs is 1. The number of carbonyl (C=O) groups is 1. The number of benzene rings is 1. The molecule has 4 heteroatoms. The summed E-state index contributed by atoms with van der Waals surface area (Å²) in [6.07, 6.45) is 8.89. The summed E-state index contributed by atoms with van der Waals surface area (Å²) in [5.74, 6) is -0.221. The monoisotopic (exact) mass is 316 g/mol. The zero-order valence-corrected chi connectivity index (χ0v) is 13.9. The molecule has 1 fully saturated rings. The molecule has 1 aliphatic carbocycles. The smallest absolute Gasteiger partial charge is 0.230 e. The molecule has 0 spiro atoms. The van der Waals surface area contributed by atoms with E-state index in [1.807, 2.05) is 20.0 Å². The summed E-state index contributed by atoms with van der Waals surface area (Å²) in [5, 5.41) is 4.15. The van der Waals surface area contributed by atoms with E-state index in [4.69, 9.17) is 0 Å². The van der Waals surface area contributed by atoms with Crippen LogP contribution in [0.2, 0.25) is 0 Å². The molecule has 0 radical (unpaired) electrons. The Hall–Kier alpha value is -1.84. The minimum absolute atomic E-state index is 0.0506. The highest BCUT2D eigenvalue weighted by molar-refractivity contribution is 5.94. The molecule has 0 bridgehead atoms. The fraction of sp³-hybridized carbons (Fsp3) is 0.526. The molecule has 0 aliphatic heterocycles. The van der Waals surface area contributed by atoms with Crippen molar-refractivity contribution in [2.24, 2.45) is 0 Å². The lowest BCUT2D eigenvalue weighted by atomic mass is 9.83. The summed E-state index contributed by atoms with van der Waals surface area (Å²) in [6.45, 7) is 3.87. The molecular weight excluding hydrogens is 291 g/mol. The Bertz CT molecular complexity index is 696. The Balaban J connectivity index is 1.82. The number of carbonyl (C=O) groups excluding carboxylic acids is 1. The molecular formula is C19H25FN2O. The lowest BCUT2D eigenvalue weighted by Gasteiger charge is -2.27. The maximum atomic E-state index is 13.3. The first-order valence-corrected chi connectivity index (χ1v) is 8.56. The van der Waals surface area contributed by atoms with Gasteiger partial charge in [0.2, 0.25) is 5.91 Å². The van der Waals surface area contributed by atoms with Crippen molar-refractivity contribution in [3.8, 4) is 0 Å². The van der Waals surface area contributed by atoms with Gasteiger partial charge in [0.05, 0.1) is 5.41 Å². The first-order chi connectivity index (χ1) is 11.0. The molecule has 2 aromatic rings. The van der Waals surface area contributed by atoms with Crippen molar-refractivity contribution in [3.05, 3.63) is 35.8 Å². The van der Waals surface area contributed by atoms with Crippen molar-refractivity contribution in [1.82, 2.24) is 10.3 Å². The number of hydrogen-bond acceptors (Lipinski definition) is 1. The van der Waals surface area contributed by atoms with Gasteiger partial charge in [0, 0.05) is 23.1 Å². The van der Waals surface area contributed by atoms with E-state index in [0.29, 0.717) is 0 Å². The molecule has 3 rings (SSSR count). The number of amides is 1. The van der Waals surface area contributed by atoms with Gasteiger partial charge < -0.3 is 10.3 Å². The van der Waals surface area contributed by atoms with Crippen LogP contribution in [0, 0.1) is 5.82 Å². The number of hydrogen-bond donors (Lipinski definition) is 2. The van der Waals surface area contributed by atoms with E-state index in [1.54, 1.807) is 6.07 Å². The second-order valence-corrected chi connectivity index (χ2v) is 7.18. The van der Waals surface area contributed by atoms with Crippen LogP contribution in [0.1, 0.15) is 57.9 Å². The number of aromatic nitrogens is 1. The van der Waals surface area contributed by atoms with Crippen LogP contribution in [0.5, 0.6) is 0 Å². The van der Waals surface area contributed by atoms with Gasteiger partial charge in [-0.15, -0.1) is 0 Å². The molecule has 2 N–H and O–H groups in total. The number of halogens is 1. The number of rotatable bonds is 3. The summed E-state index contributed by atoms with van der Waals surface area (Å²) >= 11 is 0. The topological polar surface area (TPSA) is 44.9 Å². The van der Waals surface area contributed by atoms with Gasteiger partial charge >= 0.3 is 0 Å². The number of aromatic amines is 1. The summed E-state index contributed by atoms with van der Waals surface area (Å²) in [6, 6.07) is 4.95.